The first kappa shape index (κ1) is 13.3. The molecule has 0 aromatic carbocycles. The van der Waals surface area contributed by atoms with Crippen LogP contribution in [0.2, 0.25) is 0 Å². The normalized spacial score (nSPS) is 43.6. The second-order valence-corrected chi connectivity index (χ2v) is 6.20. The first-order valence-corrected chi connectivity index (χ1v) is 7.34. The van der Waals surface area contributed by atoms with Gasteiger partial charge in [0.2, 0.25) is 0 Å². The van der Waals surface area contributed by atoms with Crippen molar-refractivity contribution >= 4 is 0 Å². The van der Waals surface area contributed by atoms with Gasteiger partial charge >= 0.3 is 0 Å². The molecule has 3 N–H and O–H groups in total. The molecule has 3 nitrogen and oxygen atoms in total. The number of aliphatic hydroxyl groups is 1. The molecule has 2 rings (SSSR count). The van der Waals surface area contributed by atoms with Crippen molar-refractivity contribution in [3.05, 3.63) is 0 Å². The van der Waals surface area contributed by atoms with Gasteiger partial charge in [-0.2, -0.15) is 0 Å². The summed E-state index contributed by atoms with van der Waals surface area (Å²) in [6, 6.07) is 0.948. The molecular formula is C14H27NO2. The Morgan fingerprint density at radius 2 is 1.76 bits per heavy atom. The quantitative estimate of drug-likeness (QED) is 0.739. The van der Waals surface area contributed by atoms with Gasteiger partial charge in [-0.3, -0.25) is 0 Å². The summed E-state index contributed by atoms with van der Waals surface area (Å²) >= 11 is 0. The highest BCUT2D eigenvalue weighted by Gasteiger charge is 2.26. The Balaban J connectivity index is 1.70. The van der Waals surface area contributed by atoms with Gasteiger partial charge in [0.1, 0.15) is 0 Å². The SMILES string of the molecule is CC1CCC([O-])C(CCC2CCC(O)CC2)[NH2+]1. The summed E-state index contributed by atoms with van der Waals surface area (Å²) in [6.45, 7) is 2.23. The standard InChI is InChI=1S/C14H26NO2/c1-10-2-9-14(17)13(15-10)8-5-11-3-6-12(16)7-4-11/h10-16H,2-9H2,1H3/q-1/p+1. The molecule has 1 aliphatic heterocycles. The smallest absolute Gasteiger partial charge is 0.0831 e. The summed E-state index contributed by atoms with van der Waals surface area (Å²) in [5.41, 5.74) is 0. The number of piperidine rings is 1. The van der Waals surface area contributed by atoms with Crippen LogP contribution < -0.4 is 10.4 Å². The predicted molar refractivity (Wildman–Crippen MR) is 65.4 cm³/mol. The number of quaternary nitrogens is 1. The average Bonchev–Trinajstić information content (AvgIpc) is 2.32. The van der Waals surface area contributed by atoms with Crippen LogP contribution in [0.15, 0.2) is 0 Å². The van der Waals surface area contributed by atoms with Crippen LogP contribution in [0.1, 0.15) is 58.3 Å². The third-order valence-corrected chi connectivity index (χ3v) is 4.68. The van der Waals surface area contributed by atoms with Gasteiger partial charge in [-0.15, -0.1) is 0 Å². The van der Waals surface area contributed by atoms with Crippen LogP contribution in [0.4, 0.5) is 0 Å². The number of hydrogen-bond acceptors (Lipinski definition) is 2. The molecule has 0 amide bonds. The summed E-state index contributed by atoms with van der Waals surface area (Å²) in [6.07, 6.45) is 8.08. The van der Waals surface area contributed by atoms with Gasteiger partial charge in [0, 0.05) is 0 Å². The summed E-state index contributed by atoms with van der Waals surface area (Å²) in [5, 5.41) is 23.6. The van der Waals surface area contributed by atoms with Gasteiger partial charge in [0.05, 0.1) is 18.2 Å². The molecule has 1 saturated carbocycles. The minimum absolute atomic E-state index is 0.0558. The van der Waals surface area contributed by atoms with Crippen LogP contribution in [0.25, 0.3) is 0 Å². The van der Waals surface area contributed by atoms with E-state index in [1.165, 1.54) is 6.42 Å². The number of rotatable bonds is 3. The van der Waals surface area contributed by atoms with E-state index < -0.39 is 0 Å². The molecule has 2 fully saturated rings. The maximum atomic E-state index is 11.9. The zero-order valence-electron chi connectivity index (χ0n) is 11.0. The third-order valence-electron chi connectivity index (χ3n) is 4.68. The maximum Gasteiger partial charge on any atom is 0.0831 e. The van der Waals surface area contributed by atoms with Crippen molar-refractivity contribution < 1.29 is 15.5 Å². The van der Waals surface area contributed by atoms with E-state index in [0.29, 0.717) is 12.1 Å². The predicted octanol–water partition coefficient (Wildman–Crippen LogP) is 0.161. The van der Waals surface area contributed by atoms with Crippen molar-refractivity contribution in [2.75, 3.05) is 0 Å². The van der Waals surface area contributed by atoms with E-state index in [2.05, 4.69) is 12.2 Å². The summed E-state index contributed by atoms with van der Waals surface area (Å²) in [4.78, 5) is 0. The highest BCUT2D eigenvalue weighted by Crippen LogP contribution is 2.28. The molecule has 0 bridgehead atoms. The fourth-order valence-corrected chi connectivity index (χ4v) is 3.43. The first-order valence-electron chi connectivity index (χ1n) is 7.34. The molecule has 100 valence electrons. The van der Waals surface area contributed by atoms with Gasteiger partial charge in [-0.25, -0.2) is 0 Å². The van der Waals surface area contributed by atoms with E-state index >= 15 is 0 Å². The minimum Gasteiger partial charge on any atom is -0.848 e. The van der Waals surface area contributed by atoms with Crippen molar-refractivity contribution in [1.29, 1.82) is 0 Å². The Morgan fingerprint density at radius 1 is 1.06 bits per heavy atom. The van der Waals surface area contributed by atoms with Crippen LogP contribution in [-0.2, 0) is 0 Å². The van der Waals surface area contributed by atoms with E-state index in [1.807, 2.05) is 0 Å². The molecule has 1 aliphatic carbocycles. The number of nitrogens with two attached hydrogens (primary N) is 1. The summed E-state index contributed by atoms with van der Waals surface area (Å²) in [5.74, 6) is 0.760. The Morgan fingerprint density at radius 3 is 2.47 bits per heavy atom. The largest absolute Gasteiger partial charge is 0.848 e. The Hall–Kier alpha value is -0.120. The summed E-state index contributed by atoms with van der Waals surface area (Å²) < 4.78 is 0. The third kappa shape index (κ3) is 3.94. The molecule has 1 saturated heterocycles. The van der Waals surface area contributed by atoms with E-state index in [1.54, 1.807) is 0 Å². The Kier molecular flexibility index (Phi) is 4.83. The van der Waals surface area contributed by atoms with E-state index in [-0.39, 0.29) is 12.2 Å². The molecule has 0 spiro atoms. The fourth-order valence-electron chi connectivity index (χ4n) is 3.43. The van der Waals surface area contributed by atoms with Gasteiger partial charge in [-0.05, 0) is 57.8 Å². The average molecular weight is 241 g/mol. The number of aliphatic hydroxyl groups excluding tert-OH is 1. The first-order chi connectivity index (χ1) is 8.15. The fraction of sp³-hybridized carbons (Fsp3) is 1.00. The summed E-state index contributed by atoms with van der Waals surface area (Å²) in [7, 11) is 0. The van der Waals surface area contributed by atoms with Gasteiger partial charge in [-0.1, -0.05) is 12.5 Å². The lowest BCUT2D eigenvalue weighted by Gasteiger charge is -2.38. The van der Waals surface area contributed by atoms with Gasteiger partial charge in [0.15, 0.2) is 0 Å². The minimum atomic E-state index is -0.347. The number of hydrogen-bond donors (Lipinski definition) is 2. The lowest BCUT2D eigenvalue weighted by Crippen LogP contribution is -2.99. The van der Waals surface area contributed by atoms with Crippen molar-refractivity contribution in [3.63, 3.8) is 0 Å². The van der Waals surface area contributed by atoms with Crippen molar-refractivity contribution in [3.8, 4) is 0 Å². The van der Waals surface area contributed by atoms with E-state index in [9.17, 15) is 10.2 Å². The maximum absolute atomic E-state index is 11.9. The zero-order chi connectivity index (χ0) is 12.3. The van der Waals surface area contributed by atoms with Crippen LogP contribution >= 0.6 is 0 Å². The van der Waals surface area contributed by atoms with Gasteiger partial charge < -0.3 is 15.5 Å². The second-order valence-electron chi connectivity index (χ2n) is 6.20. The van der Waals surface area contributed by atoms with Crippen molar-refractivity contribution in [2.24, 2.45) is 5.92 Å². The molecule has 2 aliphatic rings. The van der Waals surface area contributed by atoms with E-state index in [4.69, 9.17) is 0 Å². The van der Waals surface area contributed by atoms with Crippen LogP contribution in [-0.4, -0.2) is 29.4 Å². The van der Waals surface area contributed by atoms with Crippen LogP contribution in [0.5, 0.6) is 0 Å². The highest BCUT2D eigenvalue weighted by molar-refractivity contribution is 4.76. The van der Waals surface area contributed by atoms with Crippen LogP contribution in [0.3, 0.4) is 0 Å². The van der Waals surface area contributed by atoms with Crippen molar-refractivity contribution in [1.82, 2.24) is 0 Å². The molecule has 0 radical (unpaired) electrons. The van der Waals surface area contributed by atoms with Gasteiger partial charge in [0.25, 0.3) is 0 Å². The lowest BCUT2D eigenvalue weighted by molar-refractivity contribution is -0.754. The molecule has 3 unspecified atom stereocenters. The lowest BCUT2D eigenvalue weighted by atomic mass is 9.82. The van der Waals surface area contributed by atoms with Crippen molar-refractivity contribution in [2.45, 2.75) is 82.6 Å². The van der Waals surface area contributed by atoms with Crippen LogP contribution in [0, 0.1) is 5.92 Å². The Bertz CT molecular complexity index is 226. The molecule has 17 heavy (non-hydrogen) atoms. The molecule has 3 heteroatoms. The Labute approximate surface area is 105 Å². The molecule has 0 aromatic rings. The molecule has 0 aromatic heterocycles. The zero-order valence-corrected chi connectivity index (χ0v) is 11.0. The van der Waals surface area contributed by atoms with E-state index in [0.717, 1.165) is 50.9 Å². The molecular weight excluding hydrogens is 214 g/mol. The molecule has 1 heterocycles. The monoisotopic (exact) mass is 241 g/mol. The highest BCUT2D eigenvalue weighted by atomic mass is 16.3. The second kappa shape index (κ2) is 6.17. The molecule has 3 atom stereocenters. The topological polar surface area (TPSA) is 59.9 Å².